The van der Waals surface area contributed by atoms with E-state index in [2.05, 4.69) is 10.5 Å². The van der Waals surface area contributed by atoms with Crippen molar-refractivity contribution in [2.24, 2.45) is 5.84 Å². The van der Waals surface area contributed by atoms with E-state index in [1.165, 1.54) is 19.2 Å². The average molecular weight is 296 g/mol. The quantitative estimate of drug-likeness (QED) is 0.633. The zero-order chi connectivity index (χ0) is 15.4. The van der Waals surface area contributed by atoms with Gasteiger partial charge in [0.1, 0.15) is 17.3 Å². The number of nitrogens with zero attached hydrogens (tertiary/aromatic N) is 2. The number of benzene rings is 1. The van der Waals surface area contributed by atoms with Crippen LogP contribution in [-0.2, 0) is 6.54 Å². The summed E-state index contributed by atoms with van der Waals surface area (Å²) in [6.45, 7) is 2.64. The van der Waals surface area contributed by atoms with Gasteiger partial charge in [0.2, 0.25) is 0 Å². The molecule has 0 fully saturated rings. The fourth-order valence-electron chi connectivity index (χ4n) is 2.27. The third-order valence-electron chi connectivity index (χ3n) is 3.21. The summed E-state index contributed by atoms with van der Waals surface area (Å²) in [7, 11) is 1.51. The SMILES string of the molecule is CCCn1ncc(OC)c1C(NN)c1ccc(F)cc1F. The second kappa shape index (κ2) is 6.64. The van der Waals surface area contributed by atoms with Crippen LogP contribution >= 0.6 is 0 Å². The maximum Gasteiger partial charge on any atom is 0.161 e. The Morgan fingerprint density at radius 3 is 2.76 bits per heavy atom. The van der Waals surface area contributed by atoms with Crippen molar-refractivity contribution < 1.29 is 13.5 Å². The fraction of sp³-hybridized carbons (Fsp3) is 0.357. The molecule has 0 aliphatic rings. The van der Waals surface area contributed by atoms with E-state index in [1.54, 1.807) is 10.9 Å². The standard InChI is InChI=1S/C14H18F2N4O/c1-3-6-20-14(12(21-2)8-18-20)13(19-17)10-5-4-9(15)7-11(10)16/h4-5,7-8,13,19H,3,6,17H2,1-2H3. The first-order chi connectivity index (χ1) is 10.1. The molecule has 1 atom stereocenters. The maximum atomic E-state index is 14.0. The number of methoxy groups -OCH3 is 1. The first-order valence-corrected chi connectivity index (χ1v) is 6.63. The summed E-state index contributed by atoms with van der Waals surface area (Å²) >= 11 is 0. The van der Waals surface area contributed by atoms with Gasteiger partial charge in [0.25, 0.3) is 0 Å². The van der Waals surface area contributed by atoms with Gasteiger partial charge in [-0.25, -0.2) is 14.2 Å². The molecule has 1 heterocycles. The summed E-state index contributed by atoms with van der Waals surface area (Å²) in [5.41, 5.74) is 3.39. The van der Waals surface area contributed by atoms with Crippen molar-refractivity contribution in [1.82, 2.24) is 15.2 Å². The molecule has 0 bridgehead atoms. The van der Waals surface area contributed by atoms with E-state index in [1.807, 2.05) is 6.92 Å². The highest BCUT2D eigenvalue weighted by Crippen LogP contribution is 2.31. The molecule has 0 radical (unpaired) electrons. The van der Waals surface area contributed by atoms with Crippen LogP contribution < -0.4 is 16.0 Å². The molecule has 3 N–H and O–H groups in total. The van der Waals surface area contributed by atoms with Crippen LogP contribution in [0.5, 0.6) is 5.75 Å². The lowest BCUT2D eigenvalue weighted by atomic mass is 10.0. The summed E-state index contributed by atoms with van der Waals surface area (Å²) in [5, 5.41) is 4.22. The smallest absolute Gasteiger partial charge is 0.161 e. The van der Waals surface area contributed by atoms with Crippen LogP contribution in [0.15, 0.2) is 24.4 Å². The molecule has 7 heteroatoms. The number of hydrogen-bond donors (Lipinski definition) is 2. The van der Waals surface area contributed by atoms with Gasteiger partial charge in [-0.05, 0) is 12.5 Å². The topological polar surface area (TPSA) is 65.1 Å². The number of rotatable bonds is 6. The monoisotopic (exact) mass is 296 g/mol. The summed E-state index contributed by atoms with van der Waals surface area (Å²) in [4.78, 5) is 0. The molecule has 0 aliphatic carbocycles. The molecule has 1 unspecified atom stereocenters. The van der Waals surface area contributed by atoms with Gasteiger partial charge in [0.05, 0.1) is 19.3 Å². The Morgan fingerprint density at radius 2 is 2.19 bits per heavy atom. The van der Waals surface area contributed by atoms with Gasteiger partial charge in [0.15, 0.2) is 5.75 Å². The molecular formula is C14H18F2N4O. The van der Waals surface area contributed by atoms with Crippen molar-refractivity contribution in [3.05, 3.63) is 47.3 Å². The molecule has 0 saturated carbocycles. The Bertz CT molecular complexity index is 615. The highest BCUT2D eigenvalue weighted by molar-refractivity contribution is 5.37. The van der Waals surface area contributed by atoms with Crippen molar-refractivity contribution in [1.29, 1.82) is 0 Å². The van der Waals surface area contributed by atoms with E-state index >= 15 is 0 Å². The van der Waals surface area contributed by atoms with Gasteiger partial charge < -0.3 is 4.74 Å². The normalized spacial score (nSPS) is 12.4. The zero-order valence-electron chi connectivity index (χ0n) is 11.9. The number of nitrogens with one attached hydrogen (secondary N) is 1. The molecule has 2 rings (SSSR count). The van der Waals surface area contributed by atoms with E-state index in [0.717, 1.165) is 12.5 Å². The third-order valence-corrected chi connectivity index (χ3v) is 3.21. The Balaban J connectivity index is 2.52. The van der Waals surface area contributed by atoms with Crippen LogP contribution in [0.4, 0.5) is 8.78 Å². The fourth-order valence-corrected chi connectivity index (χ4v) is 2.27. The van der Waals surface area contributed by atoms with Crippen molar-refractivity contribution >= 4 is 0 Å². The molecule has 0 amide bonds. The zero-order valence-corrected chi connectivity index (χ0v) is 11.9. The lowest BCUT2D eigenvalue weighted by molar-refractivity contribution is 0.396. The number of hydrogen-bond acceptors (Lipinski definition) is 4. The molecule has 0 aliphatic heterocycles. The number of ether oxygens (including phenoxy) is 1. The highest BCUT2D eigenvalue weighted by Gasteiger charge is 2.25. The van der Waals surface area contributed by atoms with Gasteiger partial charge in [-0.2, -0.15) is 5.10 Å². The van der Waals surface area contributed by atoms with Gasteiger partial charge >= 0.3 is 0 Å². The largest absolute Gasteiger partial charge is 0.493 e. The van der Waals surface area contributed by atoms with Crippen LogP contribution in [0.3, 0.4) is 0 Å². The van der Waals surface area contributed by atoms with Gasteiger partial charge in [0, 0.05) is 18.2 Å². The molecular weight excluding hydrogens is 278 g/mol. The van der Waals surface area contributed by atoms with E-state index < -0.39 is 17.7 Å². The average Bonchev–Trinajstić information content (AvgIpc) is 2.85. The minimum Gasteiger partial charge on any atom is -0.493 e. The molecule has 2 aromatic rings. The molecule has 114 valence electrons. The van der Waals surface area contributed by atoms with Crippen LogP contribution in [0.2, 0.25) is 0 Å². The molecule has 21 heavy (non-hydrogen) atoms. The number of halogens is 2. The summed E-state index contributed by atoms with van der Waals surface area (Å²) in [5.74, 6) is 4.77. The first kappa shape index (κ1) is 15.4. The van der Waals surface area contributed by atoms with E-state index in [4.69, 9.17) is 10.6 Å². The lowest BCUT2D eigenvalue weighted by Crippen LogP contribution is -2.31. The maximum absolute atomic E-state index is 14.0. The lowest BCUT2D eigenvalue weighted by Gasteiger charge is -2.20. The number of aryl methyl sites for hydroxylation is 1. The Morgan fingerprint density at radius 1 is 1.43 bits per heavy atom. The Labute approximate surface area is 121 Å². The molecule has 1 aromatic heterocycles. The van der Waals surface area contributed by atoms with Crippen molar-refractivity contribution in [3.63, 3.8) is 0 Å². The van der Waals surface area contributed by atoms with Crippen molar-refractivity contribution in [2.45, 2.75) is 25.9 Å². The first-order valence-electron chi connectivity index (χ1n) is 6.63. The van der Waals surface area contributed by atoms with Gasteiger partial charge in [-0.1, -0.05) is 13.0 Å². The second-order valence-electron chi connectivity index (χ2n) is 4.59. The van der Waals surface area contributed by atoms with Crippen LogP contribution in [0.1, 0.15) is 30.6 Å². The van der Waals surface area contributed by atoms with Crippen LogP contribution in [0.25, 0.3) is 0 Å². The molecule has 1 aromatic carbocycles. The number of hydrazine groups is 1. The Hall–Kier alpha value is -1.99. The molecule has 5 nitrogen and oxygen atoms in total. The van der Waals surface area contributed by atoms with E-state index in [-0.39, 0.29) is 5.56 Å². The second-order valence-corrected chi connectivity index (χ2v) is 4.59. The third kappa shape index (κ3) is 3.03. The summed E-state index contributed by atoms with van der Waals surface area (Å²) in [6.07, 6.45) is 2.40. The van der Waals surface area contributed by atoms with Crippen molar-refractivity contribution in [2.75, 3.05) is 7.11 Å². The van der Waals surface area contributed by atoms with E-state index in [0.29, 0.717) is 18.0 Å². The predicted octanol–water partition coefficient (Wildman–Crippen LogP) is 2.13. The minimum absolute atomic E-state index is 0.232. The molecule has 0 spiro atoms. The van der Waals surface area contributed by atoms with Crippen LogP contribution in [-0.4, -0.2) is 16.9 Å². The number of nitrogens with two attached hydrogens (primary N) is 1. The van der Waals surface area contributed by atoms with E-state index in [9.17, 15) is 8.78 Å². The predicted molar refractivity (Wildman–Crippen MR) is 74.6 cm³/mol. The number of aromatic nitrogens is 2. The van der Waals surface area contributed by atoms with Gasteiger partial charge in [-0.3, -0.25) is 10.5 Å². The minimum atomic E-state index is -0.686. The van der Waals surface area contributed by atoms with Crippen molar-refractivity contribution in [3.8, 4) is 5.75 Å². The van der Waals surface area contributed by atoms with Crippen LogP contribution in [0, 0.1) is 11.6 Å². The Kier molecular flexibility index (Phi) is 4.87. The highest BCUT2D eigenvalue weighted by atomic mass is 19.1. The summed E-state index contributed by atoms with van der Waals surface area (Å²) in [6, 6.07) is 2.69. The van der Waals surface area contributed by atoms with Gasteiger partial charge in [-0.15, -0.1) is 0 Å². The summed E-state index contributed by atoms with van der Waals surface area (Å²) < 4.78 is 34.1. The molecule has 0 saturated heterocycles.